The monoisotopic (exact) mass is 255 g/mol. The number of benzene rings is 1. The van der Waals surface area contributed by atoms with E-state index in [9.17, 15) is 8.78 Å². The first-order valence-electron chi connectivity index (χ1n) is 6.79. The maximum absolute atomic E-state index is 13.8. The van der Waals surface area contributed by atoms with Gasteiger partial charge < -0.3 is 5.32 Å². The molecule has 0 heterocycles. The lowest BCUT2D eigenvalue weighted by atomic mass is 9.90. The van der Waals surface area contributed by atoms with E-state index in [0.717, 1.165) is 25.8 Å². The van der Waals surface area contributed by atoms with Crippen LogP contribution < -0.4 is 5.32 Å². The fraction of sp³-hybridized carbons (Fsp3) is 0.600. The molecule has 0 amide bonds. The van der Waals surface area contributed by atoms with Crippen LogP contribution in [0.15, 0.2) is 18.2 Å². The molecule has 0 aliphatic carbocycles. The minimum atomic E-state index is -0.452. The number of hydrogen-bond donors (Lipinski definition) is 1. The Hall–Kier alpha value is -0.960. The molecular weight excluding hydrogens is 232 g/mol. The van der Waals surface area contributed by atoms with Gasteiger partial charge in [0, 0.05) is 11.6 Å². The Bertz CT molecular complexity index is 345. The highest BCUT2D eigenvalue weighted by molar-refractivity contribution is 5.24. The van der Waals surface area contributed by atoms with Crippen LogP contribution in [0.3, 0.4) is 0 Å². The predicted octanol–water partition coefficient (Wildman–Crippen LogP) is 4.44. The van der Waals surface area contributed by atoms with Crippen molar-refractivity contribution in [3.05, 3.63) is 35.4 Å². The zero-order chi connectivity index (χ0) is 13.5. The Kier molecular flexibility index (Phi) is 6.27. The van der Waals surface area contributed by atoms with Gasteiger partial charge in [0.1, 0.15) is 11.6 Å². The van der Waals surface area contributed by atoms with E-state index in [0.29, 0.717) is 0 Å². The van der Waals surface area contributed by atoms with Crippen LogP contribution in [-0.2, 0) is 0 Å². The summed E-state index contributed by atoms with van der Waals surface area (Å²) in [5.74, 6) is -0.689. The van der Waals surface area contributed by atoms with Gasteiger partial charge in [-0.1, -0.05) is 33.3 Å². The van der Waals surface area contributed by atoms with Crippen LogP contribution in [0.25, 0.3) is 0 Å². The molecule has 0 bridgehead atoms. The average molecular weight is 255 g/mol. The van der Waals surface area contributed by atoms with Gasteiger partial charge in [-0.2, -0.15) is 0 Å². The first-order valence-corrected chi connectivity index (χ1v) is 6.79. The highest BCUT2D eigenvalue weighted by Crippen LogP contribution is 2.29. The second-order valence-corrected chi connectivity index (χ2v) is 4.83. The smallest absolute Gasteiger partial charge is 0.130 e. The largest absolute Gasteiger partial charge is 0.310 e. The Balaban J connectivity index is 3.00. The minimum Gasteiger partial charge on any atom is -0.310 e. The van der Waals surface area contributed by atoms with Crippen LogP contribution in [-0.4, -0.2) is 6.54 Å². The number of rotatable bonds is 7. The van der Waals surface area contributed by atoms with E-state index in [2.05, 4.69) is 12.2 Å². The van der Waals surface area contributed by atoms with Crippen LogP contribution in [0.2, 0.25) is 0 Å². The van der Waals surface area contributed by atoms with E-state index >= 15 is 0 Å². The van der Waals surface area contributed by atoms with Crippen LogP contribution in [0.1, 0.15) is 51.6 Å². The molecule has 18 heavy (non-hydrogen) atoms. The maximum Gasteiger partial charge on any atom is 0.130 e. The third-order valence-electron chi connectivity index (χ3n) is 3.24. The standard InChI is InChI=1S/C15H23F2N/c1-4-7-11(3)15(18-10-5-2)14-12(16)8-6-9-13(14)17/h6,8-9,11,15,18H,4-5,7,10H2,1-3H3. The summed E-state index contributed by atoms with van der Waals surface area (Å²) in [5.41, 5.74) is 0.187. The molecule has 0 aromatic heterocycles. The van der Waals surface area contributed by atoms with Gasteiger partial charge >= 0.3 is 0 Å². The normalized spacial score (nSPS) is 14.5. The van der Waals surface area contributed by atoms with Crippen molar-refractivity contribution < 1.29 is 8.78 Å². The summed E-state index contributed by atoms with van der Waals surface area (Å²) in [6, 6.07) is 3.83. The number of nitrogens with one attached hydrogen (secondary N) is 1. The van der Waals surface area contributed by atoms with Gasteiger partial charge in [-0.05, 0) is 37.4 Å². The lowest BCUT2D eigenvalue weighted by Crippen LogP contribution is -2.29. The molecule has 1 aromatic carbocycles. The van der Waals surface area contributed by atoms with Crippen molar-refractivity contribution in [1.82, 2.24) is 5.32 Å². The number of hydrogen-bond acceptors (Lipinski definition) is 1. The van der Waals surface area contributed by atoms with Crippen molar-refractivity contribution >= 4 is 0 Å². The molecule has 102 valence electrons. The van der Waals surface area contributed by atoms with E-state index in [4.69, 9.17) is 0 Å². The molecule has 0 spiro atoms. The van der Waals surface area contributed by atoms with Gasteiger partial charge in [0.05, 0.1) is 0 Å². The predicted molar refractivity (Wildman–Crippen MR) is 71.5 cm³/mol. The quantitative estimate of drug-likeness (QED) is 0.759. The summed E-state index contributed by atoms with van der Waals surface area (Å²) in [5, 5.41) is 3.27. The first-order chi connectivity index (χ1) is 8.61. The summed E-state index contributed by atoms with van der Waals surface area (Å²) in [4.78, 5) is 0. The Labute approximate surface area is 109 Å². The molecule has 1 aromatic rings. The Morgan fingerprint density at radius 3 is 2.22 bits per heavy atom. The second kappa shape index (κ2) is 7.47. The molecule has 2 atom stereocenters. The van der Waals surface area contributed by atoms with E-state index in [1.165, 1.54) is 18.2 Å². The van der Waals surface area contributed by atoms with Gasteiger partial charge in [-0.15, -0.1) is 0 Å². The molecule has 1 nitrogen and oxygen atoms in total. The highest BCUT2D eigenvalue weighted by atomic mass is 19.1. The third-order valence-corrected chi connectivity index (χ3v) is 3.24. The third kappa shape index (κ3) is 3.77. The van der Waals surface area contributed by atoms with E-state index in [1.807, 2.05) is 13.8 Å². The van der Waals surface area contributed by atoms with Crippen molar-refractivity contribution in [3.63, 3.8) is 0 Å². The van der Waals surface area contributed by atoms with Crippen molar-refractivity contribution in [2.45, 2.75) is 46.1 Å². The summed E-state index contributed by atoms with van der Waals surface area (Å²) < 4.78 is 27.7. The summed E-state index contributed by atoms with van der Waals surface area (Å²) in [6.07, 6.45) is 2.92. The van der Waals surface area contributed by atoms with Gasteiger partial charge in [0.2, 0.25) is 0 Å². The molecule has 1 N–H and O–H groups in total. The lowest BCUT2D eigenvalue weighted by Gasteiger charge is -2.26. The van der Waals surface area contributed by atoms with Crippen molar-refractivity contribution in [2.24, 2.45) is 5.92 Å². The zero-order valence-electron chi connectivity index (χ0n) is 11.5. The molecule has 0 fully saturated rings. The van der Waals surface area contributed by atoms with Crippen molar-refractivity contribution in [3.8, 4) is 0 Å². The average Bonchev–Trinajstić information content (AvgIpc) is 2.33. The van der Waals surface area contributed by atoms with Crippen LogP contribution in [0, 0.1) is 17.6 Å². The molecule has 0 aliphatic rings. The Morgan fingerprint density at radius 2 is 1.72 bits per heavy atom. The van der Waals surface area contributed by atoms with Gasteiger partial charge in [0.15, 0.2) is 0 Å². The topological polar surface area (TPSA) is 12.0 Å². The van der Waals surface area contributed by atoms with Gasteiger partial charge in [-0.25, -0.2) is 8.78 Å². The zero-order valence-corrected chi connectivity index (χ0v) is 11.5. The van der Waals surface area contributed by atoms with Gasteiger partial charge in [-0.3, -0.25) is 0 Å². The highest BCUT2D eigenvalue weighted by Gasteiger charge is 2.24. The fourth-order valence-corrected chi connectivity index (χ4v) is 2.32. The first kappa shape index (κ1) is 15.1. The van der Waals surface area contributed by atoms with E-state index in [-0.39, 0.29) is 17.5 Å². The number of halogens is 2. The van der Waals surface area contributed by atoms with E-state index < -0.39 is 11.6 Å². The Morgan fingerprint density at radius 1 is 1.11 bits per heavy atom. The molecule has 0 saturated heterocycles. The van der Waals surface area contributed by atoms with E-state index in [1.54, 1.807) is 0 Å². The van der Waals surface area contributed by atoms with Crippen molar-refractivity contribution in [1.29, 1.82) is 0 Å². The lowest BCUT2D eigenvalue weighted by molar-refractivity contribution is 0.342. The summed E-state index contributed by atoms with van der Waals surface area (Å²) in [6.45, 7) is 6.95. The molecule has 0 radical (unpaired) electrons. The molecular formula is C15H23F2N. The minimum absolute atomic E-state index is 0.187. The second-order valence-electron chi connectivity index (χ2n) is 4.83. The summed E-state index contributed by atoms with van der Waals surface area (Å²) >= 11 is 0. The van der Waals surface area contributed by atoms with Crippen LogP contribution >= 0.6 is 0 Å². The SMILES string of the molecule is CCCNC(c1c(F)cccc1F)C(C)CCC. The van der Waals surface area contributed by atoms with Crippen LogP contribution in [0.4, 0.5) is 8.78 Å². The van der Waals surface area contributed by atoms with Crippen LogP contribution in [0.5, 0.6) is 0 Å². The fourth-order valence-electron chi connectivity index (χ4n) is 2.32. The molecule has 0 saturated carbocycles. The molecule has 3 heteroatoms. The van der Waals surface area contributed by atoms with Crippen molar-refractivity contribution in [2.75, 3.05) is 6.54 Å². The molecule has 1 rings (SSSR count). The van der Waals surface area contributed by atoms with Gasteiger partial charge in [0.25, 0.3) is 0 Å². The molecule has 0 aliphatic heterocycles. The molecule has 2 unspecified atom stereocenters. The summed E-state index contributed by atoms with van der Waals surface area (Å²) in [7, 11) is 0. The maximum atomic E-state index is 13.8.